The second kappa shape index (κ2) is 7.36. The highest BCUT2D eigenvalue weighted by Gasteiger charge is 2.04. The third-order valence-electron chi connectivity index (χ3n) is 2.38. The Morgan fingerprint density at radius 1 is 1.28 bits per heavy atom. The van der Waals surface area contributed by atoms with E-state index in [1.165, 1.54) is 5.56 Å². The van der Waals surface area contributed by atoms with Crippen molar-refractivity contribution in [2.24, 2.45) is 0 Å². The Labute approximate surface area is 121 Å². The van der Waals surface area contributed by atoms with E-state index in [1.54, 1.807) is 0 Å². The van der Waals surface area contributed by atoms with Crippen LogP contribution in [-0.4, -0.2) is 20.8 Å². The van der Waals surface area contributed by atoms with E-state index in [-0.39, 0.29) is 5.75 Å². The number of ether oxygens (including phenoxy) is 1. The number of benzene rings is 1. The molecule has 102 valence electrons. The predicted octanol–water partition coefficient (Wildman–Crippen LogP) is 3.88. The lowest BCUT2D eigenvalue weighted by Gasteiger charge is -2.08. The van der Waals surface area contributed by atoms with Crippen molar-refractivity contribution in [2.45, 2.75) is 26.2 Å². The third kappa shape index (κ3) is 6.61. The SMILES string of the molecule is Cc1ccc(OCCCCCS(=O)(=O)Cl)c(Br)c1. The number of unbranched alkanes of at least 4 members (excludes halogenated alkanes) is 2. The van der Waals surface area contributed by atoms with Gasteiger partial charge in [-0.05, 0) is 59.8 Å². The Balaban J connectivity index is 2.22. The van der Waals surface area contributed by atoms with Crippen molar-refractivity contribution in [2.75, 3.05) is 12.4 Å². The largest absolute Gasteiger partial charge is 0.492 e. The maximum absolute atomic E-state index is 10.7. The monoisotopic (exact) mass is 354 g/mol. The Bertz CT molecular complexity index is 488. The molecule has 0 aliphatic carbocycles. The second-order valence-corrected chi connectivity index (χ2v) is 7.84. The van der Waals surface area contributed by atoms with Gasteiger partial charge >= 0.3 is 0 Å². The number of halogens is 2. The van der Waals surface area contributed by atoms with Gasteiger partial charge < -0.3 is 4.74 Å². The lowest BCUT2D eigenvalue weighted by atomic mass is 10.2. The molecule has 0 aliphatic heterocycles. The van der Waals surface area contributed by atoms with Gasteiger partial charge in [0.2, 0.25) is 9.05 Å². The third-order valence-corrected chi connectivity index (χ3v) is 4.24. The van der Waals surface area contributed by atoms with Gasteiger partial charge in [-0.15, -0.1) is 0 Å². The van der Waals surface area contributed by atoms with Crippen LogP contribution in [-0.2, 0) is 9.05 Å². The number of hydrogen-bond donors (Lipinski definition) is 0. The Morgan fingerprint density at radius 2 is 2.00 bits per heavy atom. The van der Waals surface area contributed by atoms with Crippen LogP contribution in [0.1, 0.15) is 24.8 Å². The number of rotatable bonds is 7. The van der Waals surface area contributed by atoms with Gasteiger partial charge in [-0.2, -0.15) is 0 Å². The van der Waals surface area contributed by atoms with Crippen LogP contribution >= 0.6 is 26.6 Å². The average molecular weight is 356 g/mol. The van der Waals surface area contributed by atoms with Crippen molar-refractivity contribution in [3.05, 3.63) is 28.2 Å². The maximum atomic E-state index is 10.7. The first-order valence-electron chi connectivity index (χ1n) is 5.70. The maximum Gasteiger partial charge on any atom is 0.232 e. The summed E-state index contributed by atoms with van der Waals surface area (Å²) in [5, 5.41) is 0. The molecule has 0 fully saturated rings. The summed E-state index contributed by atoms with van der Waals surface area (Å²) < 4.78 is 27.9. The van der Waals surface area contributed by atoms with Crippen LogP contribution in [0.5, 0.6) is 5.75 Å². The zero-order chi connectivity index (χ0) is 13.6. The first-order valence-corrected chi connectivity index (χ1v) is 8.97. The highest BCUT2D eigenvalue weighted by Crippen LogP contribution is 2.25. The van der Waals surface area contributed by atoms with Crippen molar-refractivity contribution in [3.63, 3.8) is 0 Å². The summed E-state index contributed by atoms with van der Waals surface area (Å²) >= 11 is 3.43. The minimum Gasteiger partial charge on any atom is -0.492 e. The van der Waals surface area contributed by atoms with Crippen LogP contribution < -0.4 is 4.74 Å². The topological polar surface area (TPSA) is 43.4 Å². The summed E-state index contributed by atoms with van der Waals surface area (Å²) in [4.78, 5) is 0. The van der Waals surface area contributed by atoms with Crippen LogP contribution in [0.4, 0.5) is 0 Å². The molecule has 0 heterocycles. The van der Waals surface area contributed by atoms with Crippen LogP contribution in [0.3, 0.4) is 0 Å². The molecule has 0 N–H and O–H groups in total. The molecule has 3 nitrogen and oxygen atoms in total. The van der Waals surface area contributed by atoms with E-state index in [1.807, 2.05) is 25.1 Å². The van der Waals surface area contributed by atoms with Crippen molar-refractivity contribution >= 4 is 35.7 Å². The molecule has 0 aliphatic rings. The molecule has 1 aromatic rings. The molecule has 0 radical (unpaired) electrons. The highest BCUT2D eigenvalue weighted by molar-refractivity contribution is 9.10. The van der Waals surface area contributed by atoms with Crippen LogP contribution in [0.2, 0.25) is 0 Å². The van der Waals surface area contributed by atoms with Crippen LogP contribution in [0.25, 0.3) is 0 Å². The van der Waals surface area contributed by atoms with E-state index in [4.69, 9.17) is 15.4 Å². The van der Waals surface area contributed by atoms with Gasteiger partial charge in [-0.3, -0.25) is 0 Å². The zero-order valence-electron chi connectivity index (χ0n) is 10.2. The molecule has 0 spiro atoms. The molecule has 0 unspecified atom stereocenters. The van der Waals surface area contributed by atoms with E-state index >= 15 is 0 Å². The van der Waals surface area contributed by atoms with Crippen molar-refractivity contribution < 1.29 is 13.2 Å². The summed E-state index contributed by atoms with van der Waals surface area (Å²) in [5.74, 6) is 0.841. The molecule has 0 saturated carbocycles. The zero-order valence-corrected chi connectivity index (χ0v) is 13.3. The van der Waals surface area contributed by atoms with Gasteiger partial charge in [0.15, 0.2) is 0 Å². The van der Waals surface area contributed by atoms with Gasteiger partial charge in [0, 0.05) is 10.7 Å². The summed E-state index contributed by atoms with van der Waals surface area (Å²) in [5.41, 5.74) is 1.17. The van der Waals surface area contributed by atoms with Gasteiger partial charge in [0.25, 0.3) is 0 Å². The van der Waals surface area contributed by atoms with Gasteiger partial charge in [0.1, 0.15) is 5.75 Å². The number of aryl methyl sites for hydroxylation is 1. The molecule has 18 heavy (non-hydrogen) atoms. The summed E-state index contributed by atoms with van der Waals surface area (Å²) in [6.07, 6.45) is 2.17. The molecular weight excluding hydrogens is 340 g/mol. The fourth-order valence-electron chi connectivity index (χ4n) is 1.46. The quantitative estimate of drug-likeness (QED) is 0.551. The van der Waals surface area contributed by atoms with E-state index in [0.29, 0.717) is 13.0 Å². The van der Waals surface area contributed by atoms with Crippen molar-refractivity contribution in [1.82, 2.24) is 0 Å². The molecular formula is C12H16BrClO3S. The summed E-state index contributed by atoms with van der Waals surface area (Å²) in [6, 6.07) is 5.90. The fourth-order valence-corrected chi connectivity index (χ4v) is 2.94. The summed E-state index contributed by atoms with van der Waals surface area (Å²) in [7, 11) is 1.76. The van der Waals surface area contributed by atoms with E-state index in [0.717, 1.165) is 23.1 Å². The first-order chi connectivity index (χ1) is 8.38. The Hall–Kier alpha value is -0.260. The molecule has 0 amide bonds. The normalized spacial score (nSPS) is 11.5. The molecule has 0 saturated heterocycles. The highest BCUT2D eigenvalue weighted by atomic mass is 79.9. The molecule has 0 atom stereocenters. The lowest BCUT2D eigenvalue weighted by molar-refractivity contribution is 0.304. The lowest BCUT2D eigenvalue weighted by Crippen LogP contribution is -2.01. The fraction of sp³-hybridized carbons (Fsp3) is 0.500. The van der Waals surface area contributed by atoms with E-state index in [9.17, 15) is 8.42 Å². The minimum atomic E-state index is -3.35. The standard InChI is InChI=1S/C12H16BrClO3S/c1-10-5-6-12(11(13)9-10)17-7-3-2-4-8-18(14,15)16/h5-6,9H,2-4,7-8H2,1H3. The second-order valence-electron chi connectivity index (χ2n) is 4.09. The van der Waals surface area contributed by atoms with Crippen LogP contribution in [0.15, 0.2) is 22.7 Å². The smallest absolute Gasteiger partial charge is 0.232 e. The van der Waals surface area contributed by atoms with Gasteiger partial charge in [-0.1, -0.05) is 6.07 Å². The average Bonchev–Trinajstić information content (AvgIpc) is 2.24. The molecule has 0 bridgehead atoms. The summed E-state index contributed by atoms with van der Waals surface area (Å²) in [6.45, 7) is 2.59. The van der Waals surface area contributed by atoms with E-state index < -0.39 is 9.05 Å². The van der Waals surface area contributed by atoms with E-state index in [2.05, 4.69) is 15.9 Å². The van der Waals surface area contributed by atoms with Crippen LogP contribution in [0, 0.1) is 6.92 Å². The molecule has 6 heteroatoms. The molecule has 1 aromatic carbocycles. The molecule has 0 aromatic heterocycles. The van der Waals surface area contributed by atoms with Crippen molar-refractivity contribution in [1.29, 1.82) is 0 Å². The van der Waals surface area contributed by atoms with Gasteiger partial charge in [0.05, 0.1) is 16.8 Å². The molecule has 1 rings (SSSR count). The van der Waals surface area contributed by atoms with Gasteiger partial charge in [-0.25, -0.2) is 8.42 Å². The van der Waals surface area contributed by atoms with Crippen molar-refractivity contribution in [3.8, 4) is 5.75 Å². The Kier molecular flexibility index (Phi) is 6.46. The number of hydrogen-bond acceptors (Lipinski definition) is 3. The Morgan fingerprint density at radius 3 is 2.61 bits per heavy atom. The minimum absolute atomic E-state index is 0.0305. The predicted molar refractivity (Wildman–Crippen MR) is 77.9 cm³/mol. The first kappa shape index (κ1) is 15.8.